The zero-order valence-corrected chi connectivity index (χ0v) is 14.4. The number of rotatable bonds is 5. The quantitative estimate of drug-likeness (QED) is 0.840. The predicted molar refractivity (Wildman–Crippen MR) is 94.0 cm³/mol. The topological polar surface area (TPSA) is 62.7 Å². The third-order valence-electron chi connectivity index (χ3n) is 4.28. The summed E-state index contributed by atoms with van der Waals surface area (Å²) in [4.78, 5) is 17.5. The number of benzene rings is 1. The molecule has 0 amide bonds. The van der Waals surface area contributed by atoms with Crippen molar-refractivity contribution >= 4 is 17.7 Å². The van der Waals surface area contributed by atoms with Gasteiger partial charge in [-0.15, -0.1) is 0 Å². The first-order chi connectivity index (χ1) is 12.8. The van der Waals surface area contributed by atoms with Crippen molar-refractivity contribution in [1.29, 1.82) is 0 Å². The third-order valence-corrected chi connectivity index (χ3v) is 4.28. The van der Waals surface area contributed by atoms with Crippen LogP contribution in [0.4, 0.5) is 18.9 Å². The summed E-state index contributed by atoms with van der Waals surface area (Å²) in [6.07, 6.45) is 0.818. The Morgan fingerprint density at radius 3 is 2.74 bits per heavy atom. The SMILES string of the molecule is CC(c1ccc(OCC(F)(F)F)nc1)N1CC=Cc2cccc(C(=O)O)c21. The molecule has 1 aliphatic heterocycles. The Morgan fingerprint density at radius 1 is 1.33 bits per heavy atom. The van der Waals surface area contributed by atoms with E-state index < -0.39 is 18.8 Å². The summed E-state index contributed by atoms with van der Waals surface area (Å²) in [5.74, 6) is -1.14. The van der Waals surface area contributed by atoms with E-state index in [0.717, 1.165) is 11.1 Å². The molecule has 8 heteroatoms. The zero-order chi connectivity index (χ0) is 19.6. The van der Waals surface area contributed by atoms with Crippen LogP contribution in [0.2, 0.25) is 0 Å². The van der Waals surface area contributed by atoms with Crippen molar-refractivity contribution in [2.75, 3.05) is 18.1 Å². The highest BCUT2D eigenvalue weighted by Gasteiger charge is 2.29. The monoisotopic (exact) mass is 378 g/mol. The van der Waals surface area contributed by atoms with Crippen molar-refractivity contribution in [1.82, 2.24) is 4.98 Å². The normalized spacial score (nSPS) is 14.6. The molecule has 1 atom stereocenters. The van der Waals surface area contributed by atoms with Crippen molar-refractivity contribution in [3.05, 3.63) is 59.3 Å². The Kier molecular flexibility index (Phi) is 5.07. The highest BCUT2D eigenvalue weighted by molar-refractivity contribution is 5.97. The molecule has 0 radical (unpaired) electrons. The number of nitrogens with zero attached hydrogens (tertiary/aromatic N) is 2. The molecule has 27 heavy (non-hydrogen) atoms. The minimum atomic E-state index is -4.43. The molecule has 0 fully saturated rings. The first-order valence-corrected chi connectivity index (χ1v) is 8.21. The molecule has 1 aliphatic rings. The fourth-order valence-electron chi connectivity index (χ4n) is 2.99. The molecule has 142 valence electrons. The summed E-state index contributed by atoms with van der Waals surface area (Å²) in [5.41, 5.74) is 2.33. The lowest BCUT2D eigenvalue weighted by Crippen LogP contribution is -2.31. The molecule has 0 aliphatic carbocycles. The number of aromatic carboxylic acids is 1. The predicted octanol–water partition coefficient (Wildman–Crippen LogP) is 4.32. The minimum absolute atomic E-state index is 0.117. The highest BCUT2D eigenvalue weighted by atomic mass is 19.4. The number of aromatic nitrogens is 1. The van der Waals surface area contributed by atoms with Gasteiger partial charge in [0.25, 0.3) is 0 Å². The van der Waals surface area contributed by atoms with Crippen LogP contribution in [0.15, 0.2) is 42.6 Å². The lowest BCUT2D eigenvalue weighted by atomic mass is 9.99. The van der Waals surface area contributed by atoms with Crippen molar-refractivity contribution in [2.45, 2.75) is 19.1 Å². The maximum Gasteiger partial charge on any atom is 0.422 e. The molecular formula is C19H17F3N2O3. The Bertz CT molecular complexity index is 863. The average molecular weight is 378 g/mol. The molecule has 1 N–H and O–H groups in total. The Labute approximate surface area is 153 Å². The van der Waals surface area contributed by atoms with Crippen molar-refractivity contribution in [3.8, 4) is 5.88 Å². The van der Waals surface area contributed by atoms with E-state index in [0.29, 0.717) is 12.2 Å². The van der Waals surface area contributed by atoms with Gasteiger partial charge in [0.2, 0.25) is 5.88 Å². The van der Waals surface area contributed by atoms with Crippen LogP contribution in [0.25, 0.3) is 6.08 Å². The van der Waals surface area contributed by atoms with Gasteiger partial charge in [-0.25, -0.2) is 9.78 Å². The van der Waals surface area contributed by atoms with Crippen LogP contribution in [-0.2, 0) is 0 Å². The van der Waals surface area contributed by atoms with E-state index in [1.807, 2.05) is 30.0 Å². The first-order valence-electron chi connectivity index (χ1n) is 8.21. The summed E-state index contributed by atoms with van der Waals surface area (Å²) in [7, 11) is 0. The number of pyridine rings is 1. The van der Waals surface area contributed by atoms with Crippen LogP contribution < -0.4 is 9.64 Å². The number of halogens is 3. The molecule has 0 saturated carbocycles. The maximum absolute atomic E-state index is 12.2. The molecule has 5 nitrogen and oxygen atoms in total. The van der Waals surface area contributed by atoms with Gasteiger partial charge in [0.15, 0.2) is 6.61 Å². The number of alkyl halides is 3. The first kappa shape index (κ1) is 18.8. The van der Waals surface area contributed by atoms with Crippen LogP contribution in [-0.4, -0.2) is 35.4 Å². The summed E-state index contributed by atoms with van der Waals surface area (Å²) >= 11 is 0. The second-order valence-corrected chi connectivity index (χ2v) is 6.11. The second-order valence-electron chi connectivity index (χ2n) is 6.11. The third kappa shape index (κ3) is 4.21. The minimum Gasteiger partial charge on any atom is -0.478 e. The van der Waals surface area contributed by atoms with Crippen LogP contribution in [0, 0.1) is 0 Å². The summed E-state index contributed by atoms with van der Waals surface area (Å²) in [6.45, 7) is 0.987. The van der Waals surface area contributed by atoms with E-state index in [1.54, 1.807) is 18.2 Å². The molecule has 2 aromatic rings. The van der Waals surface area contributed by atoms with Crippen molar-refractivity contribution < 1.29 is 27.8 Å². The van der Waals surface area contributed by atoms with E-state index in [-0.39, 0.29) is 17.5 Å². The Balaban J connectivity index is 1.84. The summed E-state index contributed by atoms with van der Waals surface area (Å²) < 4.78 is 41.3. The van der Waals surface area contributed by atoms with E-state index in [4.69, 9.17) is 0 Å². The number of carboxylic acid groups (broad SMARTS) is 1. The molecular weight excluding hydrogens is 361 g/mol. The fraction of sp³-hybridized carbons (Fsp3) is 0.263. The van der Waals surface area contributed by atoms with Crippen LogP contribution in [0.3, 0.4) is 0 Å². The van der Waals surface area contributed by atoms with Gasteiger partial charge in [0.05, 0.1) is 17.3 Å². The number of fused-ring (bicyclic) bond motifs is 1. The van der Waals surface area contributed by atoms with Gasteiger partial charge in [0.1, 0.15) is 0 Å². The molecule has 0 bridgehead atoms. The number of carboxylic acids is 1. The van der Waals surface area contributed by atoms with Crippen molar-refractivity contribution in [2.24, 2.45) is 0 Å². The van der Waals surface area contributed by atoms with E-state index in [9.17, 15) is 23.1 Å². The highest BCUT2D eigenvalue weighted by Crippen LogP contribution is 2.36. The molecule has 3 rings (SSSR count). The van der Waals surface area contributed by atoms with Crippen LogP contribution in [0.5, 0.6) is 5.88 Å². The number of carbonyl (C=O) groups is 1. The molecule has 0 saturated heterocycles. The lowest BCUT2D eigenvalue weighted by Gasteiger charge is -2.35. The maximum atomic E-state index is 12.2. The largest absolute Gasteiger partial charge is 0.478 e. The molecule has 2 heterocycles. The van der Waals surface area contributed by atoms with Gasteiger partial charge >= 0.3 is 12.1 Å². The van der Waals surface area contributed by atoms with Gasteiger partial charge in [-0.05, 0) is 24.1 Å². The molecule has 0 spiro atoms. The van der Waals surface area contributed by atoms with Gasteiger partial charge in [-0.1, -0.05) is 30.4 Å². The summed E-state index contributed by atoms with van der Waals surface area (Å²) in [6, 6.07) is 7.84. The number of ether oxygens (including phenoxy) is 1. The van der Waals surface area contributed by atoms with Crippen molar-refractivity contribution in [3.63, 3.8) is 0 Å². The van der Waals surface area contributed by atoms with Gasteiger partial charge < -0.3 is 14.7 Å². The number of para-hydroxylation sites is 1. The van der Waals surface area contributed by atoms with E-state index in [2.05, 4.69) is 9.72 Å². The smallest absolute Gasteiger partial charge is 0.422 e. The number of anilines is 1. The molecule has 1 aromatic carbocycles. The lowest BCUT2D eigenvalue weighted by molar-refractivity contribution is -0.154. The second kappa shape index (κ2) is 7.30. The van der Waals surface area contributed by atoms with Gasteiger partial charge in [-0.2, -0.15) is 13.2 Å². The van der Waals surface area contributed by atoms with E-state index >= 15 is 0 Å². The zero-order valence-electron chi connectivity index (χ0n) is 14.4. The standard InChI is InChI=1S/C19H17F3N2O3/c1-12(14-7-8-16(23-10-14)27-11-19(20,21)22)24-9-3-5-13-4-2-6-15(17(13)24)18(25)26/h2-8,10,12H,9,11H2,1H3,(H,25,26). The number of hydrogen-bond donors (Lipinski definition) is 1. The van der Waals surface area contributed by atoms with Crippen LogP contribution in [0.1, 0.15) is 34.5 Å². The molecule has 1 aromatic heterocycles. The Hall–Kier alpha value is -3.03. The van der Waals surface area contributed by atoms with Gasteiger partial charge in [-0.3, -0.25) is 0 Å². The van der Waals surface area contributed by atoms with E-state index in [1.165, 1.54) is 12.3 Å². The van der Waals surface area contributed by atoms with Crippen LogP contribution >= 0.6 is 0 Å². The summed E-state index contributed by atoms with van der Waals surface area (Å²) in [5, 5.41) is 9.50. The average Bonchev–Trinajstić information content (AvgIpc) is 2.64. The number of hydrogen-bond acceptors (Lipinski definition) is 4. The van der Waals surface area contributed by atoms with Gasteiger partial charge in [0, 0.05) is 18.8 Å². The molecule has 1 unspecified atom stereocenters. The fourth-order valence-corrected chi connectivity index (χ4v) is 2.99. The Morgan fingerprint density at radius 2 is 2.11 bits per heavy atom.